The molecule has 24 heavy (non-hydrogen) atoms. The topological polar surface area (TPSA) is 56.2 Å². The normalized spacial score (nSPS) is 10.9. The Labute approximate surface area is 143 Å². The molecule has 1 N–H and O–H groups in total. The summed E-state index contributed by atoms with van der Waals surface area (Å²) in [5, 5.41) is 7.01. The van der Waals surface area contributed by atoms with E-state index in [4.69, 9.17) is 16.3 Å². The van der Waals surface area contributed by atoms with Crippen LogP contribution in [0.1, 0.15) is 23.5 Å². The lowest BCUT2D eigenvalue weighted by atomic mass is 10.1. The van der Waals surface area contributed by atoms with Gasteiger partial charge in [-0.2, -0.15) is 13.9 Å². The second-order valence-electron chi connectivity index (χ2n) is 5.20. The largest absolute Gasteiger partial charge is 0.492 e. The number of benzene rings is 1. The second kappa shape index (κ2) is 8.10. The second-order valence-corrected chi connectivity index (χ2v) is 5.64. The number of aryl methyl sites for hydroxylation is 1. The molecule has 0 atom stereocenters. The number of nitrogens with one attached hydrogen (secondary N) is 1. The van der Waals surface area contributed by atoms with Gasteiger partial charge in [-0.1, -0.05) is 17.7 Å². The van der Waals surface area contributed by atoms with Crippen molar-refractivity contribution in [2.45, 2.75) is 26.8 Å². The zero-order valence-corrected chi connectivity index (χ0v) is 14.1. The first-order valence-corrected chi connectivity index (χ1v) is 7.74. The fourth-order valence-electron chi connectivity index (χ4n) is 2.28. The van der Waals surface area contributed by atoms with Gasteiger partial charge in [0.25, 0.3) is 0 Å². The van der Waals surface area contributed by atoms with Crippen molar-refractivity contribution in [3.63, 3.8) is 0 Å². The Morgan fingerprint density at radius 3 is 2.79 bits per heavy atom. The summed E-state index contributed by atoms with van der Waals surface area (Å²) < 4.78 is 31.6. The number of rotatable bonds is 7. The molecule has 0 saturated carbocycles. The third-order valence-corrected chi connectivity index (χ3v) is 3.72. The van der Waals surface area contributed by atoms with Gasteiger partial charge in [0.2, 0.25) is 5.91 Å². The van der Waals surface area contributed by atoms with Crippen molar-refractivity contribution in [3.8, 4) is 5.75 Å². The lowest BCUT2D eigenvalue weighted by molar-refractivity contribution is -0.120. The van der Waals surface area contributed by atoms with Crippen molar-refractivity contribution in [1.82, 2.24) is 15.1 Å². The average Bonchev–Trinajstić information content (AvgIpc) is 2.80. The molecule has 0 radical (unpaired) electrons. The molecular weight excluding hydrogens is 340 g/mol. The third kappa shape index (κ3) is 4.67. The Morgan fingerprint density at radius 1 is 1.42 bits per heavy atom. The van der Waals surface area contributed by atoms with E-state index in [0.29, 0.717) is 39.0 Å². The maximum Gasteiger partial charge on any atom is 0.333 e. The van der Waals surface area contributed by atoms with Crippen LogP contribution in [0.4, 0.5) is 8.78 Å². The number of halogens is 3. The Bertz CT molecular complexity index is 719. The number of aromatic nitrogens is 2. The molecule has 8 heteroatoms. The Kier molecular flexibility index (Phi) is 6.14. The van der Waals surface area contributed by atoms with Gasteiger partial charge >= 0.3 is 6.55 Å². The van der Waals surface area contributed by atoms with Crippen LogP contribution in [0, 0.1) is 13.8 Å². The SMILES string of the molecule is Cc1nn(C(F)F)c(C)c1CC(=O)NCCOc1cccc(Cl)c1. The summed E-state index contributed by atoms with van der Waals surface area (Å²) in [5.41, 5.74) is 1.24. The smallest absolute Gasteiger partial charge is 0.333 e. The minimum atomic E-state index is -2.72. The van der Waals surface area contributed by atoms with Crippen LogP contribution in [-0.4, -0.2) is 28.8 Å². The minimum absolute atomic E-state index is 0.00154. The summed E-state index contributed by atoms with van der Waals surface area (Å²) in [7, 11) is 0. The highest BCUT2D eigenvalue weighted by molar-refractivity contribution is 6.30. The lowest BCUT2D eigenvalue weighted by Gasteiger charge is -2.08. The van der Waals surface area contributed by atoms with E-state index in [1.807, 2.05) is 0 Å². The predicted octanol–water partition coefficient (Wildman–Crippen LogP) is 3.29. The van der Waals surface area contributed by atoms with Crippen molar-refractivity contribution in [2.24, 2.45) is 0 Å². The maximum absolute atomic E-state index is 12.8. The molecule has 0 aliphatic rings. The van der Waals surface area contributed by atoms with Crippen molar-refractivity contribution in [1.29, 1.82) is 0 Å². The third-order valence-electron chi connectivity index (χ3n) is 3.49. The summed E-state index contributed by atoms with van der Waals surface area (Å²) in [4.78, 5) is 11.9. The van der Waals surface area contributed by atoms with E-state index < -0.39 is 6.55 Å². The number of nitrogens with zero attached hydrogens (tertiary/aromatic N) is 2. The number of amides is 1. The highest BCUT2D eigenvalue weighted by Gasteiger charge is 2.18. The molecule has 1 aromatic carbocycles. The van der Waals surface area contributed by atoms with Gasteiger partial charge in [0.15, 0.2) is 0 Å². The molecule has 2 aromatic rings. The first-order valence-electron chi connectivity index (χ1n) is 7.36. The molecule has 1 heterocycles. The van der Waals surface area contributed by atoms with Crippen molar-refractivity contribution in [3.05, 3.63) is 46.2 Å². The number of carbonyl (C=O) groups is 1. The zero-order valence-electron chi connectivity index (χ0n) is 13.4. The summed E-state index contributed by atoms with van der Waals surface area (Å²) in [5.74, 6) is 0.339. The van der Waals surface area contributed by atoms with E-state index in [1.54, 1.807) is 31.2 Å². The van der Waals surface area contributed by atoms with Gasteiger partial charge in [-0.15, -0.1) is 0 Å². The molecule has 0 aliphatic carbocycles. The van der Waals surface area contributed by atoms with Gasteiger partial charge in [0.1, 0.15) is 12.4 Å². The van der Waals surface area contributed by atoms with Gasteiger partial charge in [-0.05, 0) is 32.0 Å². The van der Waals surface area contributed by atoms with E-state index >= 15 is 0 Å². The van der Waals surface area contributed by atoms with Crippen LogP contribution in [0.3, 0.4) is 0 Å². The molecule has 0 bridgehead atoms. The van der Waals surface area contributed by atoms with Gasteiger partial charge in [-0.25, -0.2) is 4.68 Å². The number of hydrogen-bond donors (Lipinski definition) is 1. The zero-order chi connectivity index (χ0) is 17.7. The molecule has 0 aliphatic heterocycles. The average molecular weight is 358 g/mol. The molecule has 0 saturated heterocycles. The van der Waals surface area contributed by atoms with E-state index in [2.05, 4.69) is 10.4 Å². The summed E-state index contributed by atoms with van der Waals surface area (Å²) >= 11 is 5.84. The van der Waals surface area contributed by atoms with Crippen LogP contribution in [0.2, 0.25) is 5.02 Å². The number of carbonyl (C=O) groups excluding carboxylic acids is 1. The Morgan fingerprint density at radius 2 is 2.17 bits per heavy atom. The number of ether oxygens (including phenoxy) is 1. The molecule has 0 fully saturated rings. The van der Waals surface area contributed by atoms with Crippen LogP contribution in [0.15, 0.2) is 24.3 Å². The number of alkyl halides is 2. The predicted molar refractivity (Wildman–Crippen MR) is 86.6 cm³/mol. The first-order chi connectivity index (χ1) is 11.4. The van der Waals surface area contributed by atoms with Gasteiger partial charge < -0.3 is 10.1 Å². The van der Waals surface area contributed by atoms with Gasteiger partial charge in [-0.3, -0.25) is 4.79 Å². The molecule has 1 aromatic heterocycles. The van der Waals surface area contributed by atoms with Crippen molar-refractivity contribution < 1.29 is 18.3 Å². The monoisotopic (exact) mass is 357 g/mol. The van der Waals surface area contributed by atoms with E-state index in [1.165, 1.54) is 6.92 Å². The Hall–Kier alpha value is -2.15. The Balaban J connectivity index is 1.82. The summed E-state index contributed by atoms with van der Waals surface area (Å²) in [6.45, 7) is 0.993. The van der Waals surface area contributed by atoms with E-state index in [9.17, 15) is 13.6 Å². The lowest BCUT2D eigenvalue weighted by Crippen LogP contribution is -2.29. The fraction of sp³-hybridized carbons (Fsp3) is 0.375. The minimum Gasteiger partial charge on any atom is -0.492 e. The van der Waals surface area contributed by atoms with Crippen LogP contribution in [-0.2, 0) is 11.2 Å². The summed E-state index contributed by atoms with van der Waals surface area (Å²) in [6.07, 6.45) is 0.00154. The molecule has 0 unspecified atom stereocenters. The van der Waals surface area contributed by atoms with Crippen LogP contribution in [0.5, 0.6) is 5.75 Å². The first kappa shape index (κ1) is 18.2. The maximum atomic E-state index is 12.8. The number of hydrogen-bond acceptors (Lipinski definition) is 3. The molecule has 2 rings (SSSR count). The van der Waals surface area contributed by atoms with E-state index in [0.717, 1.165) is 0 Å². The molecule has 1 amide bonds. The standard InChI is InChI=1S/C16H18ClF2N3O2/c1-10-14(11(2)22(21-10)16(18)19)9-15(23)20-6-7-24-13-5-3-4-12(17)8-13/h3-5,8,16H,6-7,9H2,1-2H3,(H,20,23). The fourth-order valence-corrected chi connectivity index (χ4v) is 2.46. The quantitative estimate of drug-likeness (QED) is 0.774. The molecule has 130 valence electrons. The molecule has 0 spiro atoms. The highest BCUT2D eigenvalue weighted by atomic mass is 35.5. The highest BCUT2D eigenvalue weighted by Crippen LogP contribution is 2.19. The van der Waals surface area contributed by atoms with Gasteiger partial charge in [0.05, 0.1) is 18.7 Å². The van der Waals surface area contributed by atoms with Crippen molar-refractivity contribution in [2.75, 3.05) is 13.2 Å². The molecular formula is C16H18ClF2N3O2. The van der Waals surface area contributed by atoms with Crippen LogP contribution < -0.4 is 10.1 Å². The van der Waals surface area contributed by atoms with Crippen LogP contribution in [0.25, 0.3) is 0 Å². The summed E-state index contributed by atoms with van der Waals surface area (Å²) in [6, 6.07) is 6.94. The van der Waals surface area contributed by atoms with Gasteiger partial charge in [0, 0.05) is 16.3 Å². The van der Waals surface area contributed by atoms with Crippen molar-refractivity contribution >= 4 is 17.5 Å². The van der Waals surface area contributed by atoms with E-state index in [-0.39, 0.29) is 18.9 Å². The molecule has 5 nitrogen and oxygen atoms in total. The van der Waals surface area contributed by atoms with Crippen LogP contribution >= 0.6 is 11.6 Å².